The minimum absolute atomic E-state index is 0.125. The highest BCUT2D eigenvalue weighted by Crippen LogP contribution is 2.22. The maximum absolute atomic E-state index is 12.3. The van der Waals surface area contributed by atoms with Gasteiger partial charge in [-0.3, -0.25) is 14.8 Å². The van der Waals surface area contributed by atoms with E-state index in [0.29, 0.717) is 16.5 Å². The summed E-state index contributed by atoms with van der Waals surface area (Å²) >= 11 is 5.86. The summed E-state index contributed by atoms with van der Waals surface area (Å²) in [6, 6.07) is 10.9. The molecule has 0 bridgehead atoms. The number of anilines is 1. The molecule has 0 aliphatic carbocycles. The van der Waals surface area contributed by atoms with Gasteiger partial charge in [0.05, 0.1) is 12.7 Å². The number of halogens is 1. The number of ether oxygens (including phenoxy) is 1. The molecular formula is C15H13ClN2O4. The molecule has 2 rings (SSSR count). The molecule has 6 nitrogen and oxygen atoms in total. The van der Waals surface area contributed by atoms with E-state index in [1.807, 2.05) is 0 Å². The molecule has 114 valence electrons. The van der Waals surface area contributed by atoms with Gasteiger partial charge in [-0.25, -0.2) is 5.48 Å². The Balaban J connectivity index is 2.33. The van der Waals surface area contributed by atoms with Crippen LogP contribution in [0.25, 0.3) is 0 Å². The van der Waals surface area contributed by atoms with E-state index in [9.17, 15) is 9.59 Å². The van der Waals surface area contributed by atoms with E-state index in [1.54, 1.807) is 24.3 Å². The van der Waals surface area contributed by atoms with Crippen LogP contribution in [0.2, 0.25) is 5.02 Å². The third-order valence-electron chi connectivity index (χ3n) is 2.89. The molecule has 0 radical (unpaired) electrons. The van der Waals surface area contributed by atoms with E-state index in [0.717, 1.165) is 0 Å². The van der Waals surface area contributed by atoms with Crippen LogP contribution in [0.15, 0.2) is 42.5 Å². The van der Waals surface area contributed by atoms with Crippen LogP contribution < -0.4 is 15.5 Å². The number of benzene rings is 2. The van der Waals surface area contributed by atoms with Crippen molar-refractivity contribution in [3.05, 3.63) is 58.6 Å². The molecule has 22 heavy (non-hydrogen) atoms. The zero-order valence-corrected chi connectivity index (χ0v) is 12.3. The summed E-state index contributed by atoms with van der Waals surface area (Å²) in [5.41, 5.74) is 2.30. The highest BCUT2D eigenvalue weighted by molar-refractivity contribution is 6.31. The Bertz CT molecular complexity index is 718. The lowest BCUT2D eigenvalue weighted by atomic mass is 10.1. The predicted octanol–water partition coefficient (Wildman–Crippen LogP) is 2.72. The molecule has 0 fully saturated rings. The highest BCUT2D eigenvalue weighted by atomic mass is 35.5. The lowest BCUT2D eigenvalue weighted by Gasteiger charge is -2.11. The summed E-state index contributed by atoms with van der Waals surface area (Å²) < 4.78 is 5.12. The molecular weight excluding hydrogens is 308 g/mol. The zero-order valence-electron chi connectivity index (χ0n) is 11.6. The third-order valence-corrected chi connectivity index (χ3v) is 3.13. The second-order valence-electron chi connectivity index (χ2n) is 4.32. The van der Waals surface area contributed by atoms with Crippen LogP contribution in [0.4, 0.5) is 5.69 Å². The third kappa shape index (κ3) is 3.55. The molecule has 0 unspecified atom stereocenters. The van der Waals surface area contributed by atoms with E-state index in [2.05, 4.69) is 5.32 Å². The number of hydroxylamine groups is 1. The number of hydrogen-bond donors (Lipinski definition) is 3. The molecule has 0 saturated carbocycles. The maximum Gasteiger partial charge on any atom is 0.274 e. The summed E-state index contributed by atoms with van der Waals surface area (Å²) in [7, 11) is 1.41. The van der Waals surface area contributed by atoms with Gasteiger partial charge in [-0.05, 0) is 36.4 Å². The smallest absolute Gasteiger partial charge is 0.274 e. The van der Waals surface area contributed by atoms with Gasteiger partial charge in [0.1, 0.15) is 5.75 Å². The second kappa shape index (κ2) is 6.93. The van der Waals surface area contributed by atoms with Crippen LogP contribution in [-0.4, -0.2) is 24.1 Å². The Morgan fingerprint density at radius 3 is 2.55 bits per heavy atom. The number of nitrogens with one attached hydrogen (secondary N) is 2. The van der Waals surface area contributed by atoms with E-state index in [1.165, 1.54) is 30.8 Å². The van der Waals surface area contributed by atoms with Gasteiger partial charge >= 0.3 is 0 Å². The first-order valence-corrected chi connectivity index (χ1v) is 6.62. The summed E-state index contributed by atoms with van der Waals surface area (Å²) in [5, 5.41) is 11.8. The number of hydrogen-bond acceptors (Lipinski definition) is 4. The largest absolute Gasteiger partial charge is 0.496 e. The molecule has 0 spiro atoms. The number of methoxy groups -OCH3 is 1. The molecule has 0 aliphatic heterocycles. The standard InChI is InChI=1S/C15H13ClN2O4/c1-22-13-6-5-9(14(19)18-21)7-12(13)15(20)17-11-4-2-3-10(16)8-11/h2-8,21H,1H3,(H,17,20)(H,18,19). The van der Waals surface area contributed by atoms with Gasteiger partial charge in [0.25, 0.3) is 11.8 Å². The van der Waals surface area contributed by atoms with Crippen molar-refractivity contribution in [1.82, 2.24) is 5.48 Å². The molecule has 0 aromatic heterocycles. The quantitative estimate of drug-likeness (QED) is 0.597. The van der Waals surface area contributed by atoms with E-state index in [-0.39, 0.29) is 11.1 Å². The van der Waals surface area contributed by atoms with Crippen LogP contribution in [-0.2, 0) is 0 Å². The predicted molar refractivity (Wildman–Crippen MR) is 81.7 cm³/mol. The van der Waals surface area contributed by atoms with E-state index >= 15 is 0 Å². The zero-order chi connectivity index (χ0) is 16.1. The number of amides is 2. The second-order valence-corrected chi connectivity index (χ2v) is 4.76. The Labute approximate surface area is 131 Å². The molecule has 0 heterocycles. The first kappa shape index (κ1) is 15.8. The molecule has 7 heteroatoms. The van der Waals surface area contributed by atoms with Crippen LogP contribution in [0, 0.1) is 0 Å². The van der Waals surface area contributed by atoms with Crippen molar-refractivity contribution >= 4 is 29.1 Å². The van der Waals surface area contributed by atoms with Crippen molar-refractivity contribution in [2.45, 2.75) is 0 Å². The average Bonchev–Trinajstić information content (AvgIpc) is 2.53. The lowest BCUT2D eigenvalue weighted by Crippen LogP contribution is -2.20. The summed E-state index contributed by atoms with van der Waals surface area (Å²) in [6.45, 7) is 0. The molecule has 0 aliphatic rings. The molecule has 0 saturated heterocycles. The monoisotopic (exact) mass is 320 g/mol. The summed E-state index contributed by atoms with van der Waals surface area (Å²) in [4.78, 5) is 23.8. The minimum atomic E-state index is -0.723. The van der Waals surface area contributed by atoms with Gasteiger partial charge in [0.15, 0.2) is 0 Å². The van der Waals surface area contributed by atoms with Gasteiger partial charge in [-0.15, -0.1) is 0 Å². The fourth-order valence-corrected chi connectivity index (χ4v) is 2.05. The van der Waals surface area contributed by atoms with Crippen LogP contribution in [0.3, 0.4) is 0 Å². The summed E-state index contributed by atoms with van der Waals surface area (Å²) in [5.74, 6) is -0.889. The SMILES string of the molecule is COc1ccc(C(=O)NO)cc1C(=O)Nc1cccc(Cl)c1. The molecule has 2 amide bonds. The van der Waals surface area contributed by atoms with Crippen LogP contribution >= 0.6 is 11.6 Å². The Morgan fingerprint density at radius 2 is 1.91 bits per heavy atom. The Morgan fingerprint density at radius 1 is 1.14 bits per heavy atom. The fourth-order valence-electron chi connectivity index (χ4n) is 1.86. The maximum atomic E-state index is 12.3. The first-order chi connectivity index (χ1) is 10.5. The van der Waals surface area contributed by atoms with Crippen molar-refractivity contribution < 1.29 is 19.5 Å². The van der Waals surface area contributed by atoms with Gasteiger partial charge in [0, 0.05) is 16.3 Å². The van der Waals surface area contributed by atoms with Crippen molar-refractivity contribution in [1.29, 1.82) is 0 Å². The normalized spacial score (nSPS) is 9.95. The van der Waals surface area contributed by atoms with Crippen molar-refractivity contribution in [3.63, 3.8) is 0 Å². The number of carbonyl (C=O) groups is 2. The highest BCUT2D eigenvalue weighted by Gasteiger charge is 2.16. The summed E-state index contributed by atoms with van der Waals surface area (Å²) in [6.07, 6.45) is 0. The van der Waals surface area contributed by atoms with E-state index in [4.69, 9.17) is 21.5 Å². The lowest BCUT2D eigenvalue weighted by molar-refractivity contribution is 0.0706. The van der Waals surface area contributed by atoms with Crippen LogP contribution in [0.5, 0.6) is 5.75 Å². The first-order valence-electron chi connectivity index (χ1n) is 6.24. The molecule has 2 aromatic carbocycles. The topological polar surface area (TPSA) is 87.7 Å². The van der Waals surface area contributed by atoms with Crippen molar-refractivity contribution in [2.75, 3.05) is 12.4 Å². The van der Waals surface area contributed by atoms with Crippen LogP contribution in [0.1, 0.15) is 20.7 Å². The van der Waals surface area contributed by atoms with Crippen molar-refractivity contribution in [3.8, 4) is 5.75 Å². The molecule has 2 aromatic rings. The van der Waals surface area contributed by atoms with Crippen molar-refractivity contribution in [2.24, 2.45) is 0 Å². The number of rotatable bonds is 4. The minimum Gasteiger partial charge on any atom is -0.496 e. The Hall–Kier alpha value is -2.57. The van der Waals surface area contributed by atoms with Gasteiger partial charge in [-0.2, -0.15) is 0 Å². The number of carbonyl (C=O) groups excluding carboxylic acids is 2. The van der Waals surface area contributed by atoms with Gasteiger partial charge in [-0.1, -0.05) is 17.7 Å². The average molecular weight is 321 g/mol. The Kier molecular flexibility index (Phi) is 4.98. The molecule has 0 atom stereocenters. The van der Waals surface area contributed by atoms with Gasteiger partial charge in [0.2, 0.25) is 0 Å². The fraction of sp³-hybridized carbons (Fsp3) is 0.0667. The van der Waals surface area contributed by atoms with Gasteiger partial charge < -0.3 is 10.1 Å². The molecule has 3 N–H and O–H groups in total. The van der Waals surface area contributed by atoms with E-state index < -0.39 is 11.8 Å².